The number of nitrogens with zero attached hydrogens (tertiary/aromatic N) is 5. The molecule has 1 aromatic carbocycles. The van der Waals surface area contributed by atoms with Gasteiger partial charge in [0.2, 0.25) is 5.95 Å². The summed E-state index contributed by atoms with van der Waals surface area (Å²) in [5.74, 6) is 0.633. The van der Waals surface area contributed by atoms with E-state index in [4.69, 9.17) is 9.97 Å². The number of rotatable bonds is 7. The van der Waals surface area contributed by atoms with Crippen molar-refractivity contribution in [2.75, 3.05) is 11.9 Å². The Morgan fingerprint density at radius 2 is 1.71 bits per heavy atom. The average molecular weight is 457 g/mol. The van der Waals surface area contributed by atoms with Gasteiger partial charge in [-0.15, -0.1) is 0 Å². The molecule has 3 heterocycles. The van der Waals surface area contributed by atoms with E-state index in [0.717, 1.165) is 36.2 Å². The molecule has 6 nitrogen and oxygen atoms in total. The molecule has 0 saturated carbocycles. The SMILES string of the molecule is Cc1ccc(C(C)(C)C)cc1Cc1nc(NCC(C)(C)Cc2ccncc2)nc2ncn(C)c12. The lowest BCUT2D eigenvalue weighted by atomic mass is 9.84. The second-order valence-electron chi connectivity index (χ2n) is 11.1. The largest absolute Gasteiger partial charge is 0.354 e. The van der Waals surface area contributed by atoms with Gasteiger partial charge in [0.25, 0.3) is 0 Å². The summed E-state index contributed by atoms with van der Waals surface area (Å²) in [5, 5.41) is 3.50. The van der Waals surface area contributed by atoms with E-state index in [2.05, 4.69) is 87.2 Å². The second kappa shape index (κ2) is 9.16. The van der Waals surface area contributed by atoms with Crippen LogP contribution in [-0.2, 0) is 25.3 Å². The number of aryl methyl sites for hydroxylation is 2. The van der Waals surface area contributed by atoms with E-state index in [0.29, 0.717) is 5.95 Å². The molecule has 0 fully saturated rings. The first-order valence-electron chi connectivity index (χ1n) is 11.9. The maximum Gasteiger partial charge on any atom is 0.225 e. The van der Waals surface area contributed by atoms with Gasteiger partial charge in [-0.25, -0.2) is 9.97 Å². The predicted octanol–water partition coefficient (Wildman–Crippen LogP) is 5.64. The molecule has 0 aliphatic rings. The molecule has 178 valence electrons. The standard InChI is InChI=1S/C28H36N6/c1-19-8-9-22(27(2,3)4)14-21(19)15-23-24-25(31-18-34(24)7)33-26(32-23)30-17-28(5,6)16-20-10-12-29-13-11-20/h8-14,18H,15-17H2,1-7H3,(H,30,32,33). The van der Waals surface area contributed by atoms with Gasteiger partial charge in [0.1, 0.15) is 5.52 Å². The Kier molecular flexibility index (Phi) is 6.43. The summed E-state index contributed by atoms with van der Waals surface area (Å²) in [6, 6.07) is 10.9. The van der Waals surface area contributed by atoms with Gasteiger partial charge in [0, 0.05) is 32.4 Å². The van der Waals surface area contributed by atoms with Crippen LogP contribution in [0.25, 0.3) is 11.2 Å². The first-order chi connectivity index (χ1) is 16.0. The van der Waals surface area contributed by atoms with E-state index in [1.165, 1.54) is 22.3 Å². The van der Waals surface area contributed by atoms with Crippen molar-refractivity contribution in [2.24, 2.45) is 12.5 Å². The van der Waals surface area contributed by atoms with Gasteiger partial charge >= 0.3 is 0 Å². The smallest absolute Gasteiger partial charge is 0.225 e. The molecule has 34 heavy (non-hydrogen) atoms. The summed E-state index contributed by atoms with van der Waals surface area (Å²) in [6.45, 7) is 14.2. The topological polar surface area (TPSA) is 68.5 Å². The van der Waals surface area contributed by atoms with E-state index in [-0.39, 0.29) is 10.8 Å². The van der Waals surface area contributed by atoms with Crippen molar-refractivity contribution in [3.63, 3.8) is 0 Å². The van der Waals surface area contributed by atoms with Gasteiger partial charge in [0.15, 0.2) is 5.65 Å². The normalized spacial score (nSPS) is 12.3. The molecule has 0 aliphatic heterocycles. The van der Waals surface area contributed by atoms with Crippen LogP contribution >= 0.6 is 0 Å². The Morgan fingerprint density at radius 3 is 2.41 bits per heavy atom. The van der Waals surface area contributed by atoms with Crippen molar-refractivity contribution in [3.8, 4) is 0 Å². The van der Waals surface area contributed by atoms with Crippen molar-refractivity contribution in [1.29, 1.82) is 0 Å². The molecule has 0 unspecified atom stereocenters. The Morgan fingerprint density at radius 1 is 0.971 bits per heavy atom. The van der Waals surface area contributed by atoms with Gasteiger partial charge in [-0.05, 0) is 58.6 Å². The number of hydrogen-bond acceptors (Lipinski definition) is 5. The molecule has 0 spiro atoms. The van der Waals surface area contributed by atoms with Crippen LogP contribution in [-0.4, -0.2) is 31.0 Å². The van der Waals surface area contributed by atoms with Crippen LogP contribution in [0.4, 0.5) is 5.95 Å². The number of fused-ring (bicyclic) bond motifs is 1. The maximum absolute atomic E-state index is 4.98. The molecule has 0 aliphatic carbocycles. The summed E-state index contributed by atoms with van der Waals surface area (Å²) in [6.07, 6.45) is 7.20. The summed E-state index contributed by atoms with van der Waals surface area (Å²) in [5.41, 5.74) is 8.01. The summed E-state index contributed by atoms with van der Waals surface area (Å²) >= 11 is 0. The fraction of sp³-hybridized carbons (Fsp3) is 0.429. The number of imidazole rings is 1. The summed E-state index contributed by atoms with van der Waals surface area (Å²) < 4.78 is 2.02. The van der Waals surface area contributed by atoms with E-state index in [1.54, 1.807) is 0 Å². The van der Waals surface area contributed by atoms with Gasteiger partial charge < -0.3 is 9.88 Å². The highest BCUT2D eigenvalue weighted by Crippen LogP contribution is 2.28. The van der Waals surface area contributed by atoms with Gasteiger partial charge in [-0.3, -0.25) is 4.98 Å². The third-order valence-electron chi connectivity index (χ3n) is 6.37. The Labute approximate surface area is 202 Å². The molecule has 4 rings (SSSR count). The maximum atomic E-state index is 4.98. The van der Waals surface area contributed by atoms with Crippen molar-refractivity contribution >= 4 is 17.1 Å². The minimum atomic E-state index is 0.0293. The highest BCUT2D eigenvalue weighted by Gasteiger charge is 2.21. The minimum absolute atomic E-state index is 0.0293. The molecule has 0 amide bonds. The summed E-state index contributed by atoms with van der Waals surface area (Å²) in [7, 11) is 2.01. The van der Waals surface area contributed by atoms with E-state index < -0.39 is 0 Å². The number of benzene rings is 1. The molecule has 4 aromatic rings. The van der Waals surface area contributed by atoms with Gasteiger partial charge in [0.05, 0.1) is 12.0 Å². The quantitative estimate of drug-likeness (QED) is 0.390. The van der Waals surface area contributed by atoms with Crippen LogP contribution in [0.1, 0.15) is 62.6 Å². The van der Waals surface area contributed by atoms with Crippen LogP contribution < -0.4 is 5.32 Å². The molecule has 0 saturated heterocycles. The number of aromatic nitrogens is 5. The third-order valence-corrected chi connectivity index (χ3v) is 6.37. The molecular weight excluding hydrogens is 420 g/mol. The number of pyridine rings is 1. The third kappa shape index (κ3) is 5.44. The van der Waals surface area contributed by atoms with Gasteiger partial charge in [-0.1, -0.05) is 52.8 Å². The summed E-state index contributed by atoms with van der Waals surface area (Å²) in [4.78, 5) is 18.4. The number of hydrogen-bond donors (Lipinski definition) is 1. The Bertz CT molecular complexity index is 1280. The lowest BCUT2D eigenvalue weighted by molar-refractivity contribution is 0.388. The minimum Gasteiger partial charge on any atom is -0.354 e. The zero-order valence-electron chi connectivity index (χ0n) is 21.5. The van der Waals surface area contributed by atoms with Crippen molar-refractivity contribution in [1.82, 2.24) is 24.5 Å². The lowest BCUT2D eigenvalue weighted by Crippen LogP contribution is -2.26. The zero-order valence-corrected chi connectivity index (χ0v) is 21.5. The van der Waals surface area contributed by atoms with Crippen LogP contribution in [0.5, 0.6) is 0 Å². The number of nitrogens with one attached hydrogen (secondary N) is 1. The number of anilines is 1. The van der Waals surface area contributed by atoms with Crippen LogP contribution in [0.2, 0.25) is 0 Å². The van der Waals surface area contributed by atoms with E-state index >= 15 is 0 Å². The lowest BCUT2D eigenvalue weighted by Gasteiger charge is -2.25. The highest BCUT2D eigenvalue weighted by atomic mass is 15.2. The fourth-order valence-corrected chi connectivity index (χ4v) is 4.28. The Balaban J connectivity index is 1.62. The molecule has 0 atom stereocenters. The van der Waals surface area contributed by atoms with Crippen LogP contribution in [0.15, 0.2) is 49.1 Å². The zero-order chi connectivity index (χ0) is 24.5. The second-order valence-corrected chi connectivity index (χ2v) is 11.1. The first-order valence-corrected chi connectivity index (χ1v) is 11.9. The van der Waals surface area contributed by atoms with Crippen molar-refractivity contribution < 1.29 is 0 Å². The predicted molar refractivity (Wildman–Crippen MR) is 139 cm³/mol. The first kappa shape index (κ1) is 23.9. The molecule has 0 radical (unpaired) electrons. The van der Waals surface area contributed by atoms with Crippen LogP contribution in [0, 0.1) is 12.3 Å². The molecule has 3 aromatic heterocycles. The van der Waals surface area contributed by atoms with Gasteiger partial charge in [-0.2, -0.15) is 4.98 Å². The Hall–Kier alpha value is -3.28. The average Bonchev–Trinajstić information content (AvgIpc) is 3.14. The molecule has 6 heteroatoms. The molecule has 1 N–H and O–H groups in total. The van der Waals surface area contributed by atoms with Crippen molar-refractivity contribution in [2.45, 2.75) is 59.8 Å². The van der Waals surface area contributed by atoms with Crippen LogP contribution in [0.3, 0.4) is 0 Å². The fourth-order valence-electron chi connectivity index (χ4n) is 4.28. The highest BCUT2D eigenvalue weighted by molar-refractivity contribution is 5.75. The van der Waals surface area contributed by atoms with Crippen molar-refractivity contribution in [3.05, 3.63) is 77.0 Å². The van der Waals surface area contributed by atoms with E-state index in [9.17, 15) is 0 Å². The molecular formula is C28H36N6. The molecule has 0 bridgehead atoms. The van der Waals surface area contributed by atoms with E-state index in [1.807, 2.05) is 30.3 Å². The monoisotopic (exact) mass is 456 g/mol.